The van der Waals surface area contributed by atoms with Crippen LogP contribution in [0.2, 0.25) is 0 Å². The molecular formula is C7H18Cl2O. The summed E-state index contributed by atoms with van der Waals surface area (Å²) in [6.45, 7) is 2.56. The lowest BCUT2D eigenvalue weighted by Crippen LogP contribution is -1.81. The van der Waals surface area contributed by atoms with E-state index in [4.69, 9.17) is 5.11 Å². The van der Waals surface area contributed by atoms with Crippen molar-refractivity contribution in [2.45, 2.75) is 39.0 Å². The topological polar surface area (TPSA) is 20.2 Å². The second kappa shape index (κ2) is 16.3. The number of hydrogen-bond acceptors (Lipinski definition) is 1. The van der Waals surface area contributed by atoms with Gasteiger partial charge in [-0.05, 0) is 6.42 Å². The van der Waals surface area contributed by atoms with Gasteiger partial charge >= 0.3 is 0 Å². The number of aliphatic hydroxyl groups is 1. The van der Waals surface area contributed by atoms with Gasteiger partial charge in [-0.25, -0.2) is 0 Å². The van der Waals surface area contributed by atoms with E-state index in [1.54, 1.807) is 0 Å². The summed E-state index contributed by atoms with van der Waals surface area (Å²) in [4.78, 5) is 0. The van der Waals surface area contributed by atoms with Gasteiger partial charge in [0.2, 0.25) is 0 Å². The summed E-state index contributed by atoms with van der Waals surface area (Å²) in [7, 11) is 0. The Morgan fingerprint density at radius 3 is 1.80 bits per heavy atom. The summed E-state index contributed by atoms with van der Waals surface area (Å²) >= 11 is 0. The fourth-order valence-corrected chi connectivity index (χ4v) is 0.715. The molecule has 0 aliphatic heterocycles. The molecular weight excluding hydrogens is 171 g/mol. The van der Waals surface area contributed by atoms with Crippen LogP contribution in [0.15, 0.2) is 0 Å². The van der Waals surface area contributed by atoms with Gasteiger partial charge in [-0.3, -0.25) is 0 Å². The molecule has 3 heteroatoms. The molecule has 0 amide bonds. The maximum absolute atomic E-state index is 8.37. The highest BCUT2D eigenvalue weighted by Crippen LogP contribution is 2.00. The second-order valence-corrected chi connectivity index (χ2v) is 2.14. The molecule has 0 radical (unpaired) electrons. The normalized spacial score (nSPS) is 7.80. The Balaban J connectivity index is -0.000000245. The maximum Gasteiger partial charge on any atom is 0.0431 e. The first-order valence-electron chi connectivity index (χ1n) is 3.52. The van der Waals surface area contributed by atoms with Crippen LogP contribution >= 0.6 is 24.8 Å². The van der Waals surface area contributed by atoms with Crippen molar-refractivity contribution in [2.24, 2.45) is 0 Å². The third-order valence-corrected chi connectivity index (χ3v) is 1.26. The summed E-state index contributed by atoms with van der Waals surface area (Å²) in [5.74, 6) is 0. The predicted octanol–water partition coefficient (Wildman–Crippen LogP) is 2.79. The Bertz CT molecular complexity index is 36.6. The molecule has 0 rings (SSSR count). The van der Waals surface area contributed by atoms with Crippen LogP contribution in [-0.4, -0.2) is 11.7 Å². The summed E-state index contributed by atoms with van der Waals surface area (Å²) < 4.78 is 0. The molecule has 0 aliphatic rings. The SMILES string of the molecule is CCCCCCCO.Cl.Cl. The molecule has 66 valence electrons. The molecule has 1 N–H and O–H groups in total. The van der Waals surface area contributed by atoms with Gasteiger partial charge in [-0.15, -0.1) is 24.8 Å². The van der Waals surface area contributed by atoms with Gasteiger partial charge in [0.25, 0.3) is 0 Å². The molecule has 0 atom stereocenters. The fraction of sp³-hybridized carbons (Fsp3) is 1.00. The van der Waals surface area contributed by atoms with E-state index in [9.17, 15) is 0 Å². The van der Waals surface area contributed by atoms with Gasteiger partial charge in [0.1, 0.15) is 0 Å². The van der Waals surface area contributed by atoms with Crippen LogP contribution in [0.3, 0.4) is 0 Å². The lowest BCUT2D eigenvalue weighted by molar-refractivity contribution is 0.282. The van der Waals surface area contributed by atoms with Gasteiger partial charge in [-0.1, -0.05) is 32.6 Å². The van der Waals surface area contributed by atoms with Crippen LogP contribution in [-0.2, 0) is 0 Å². The highest BCUT2D eigenvalue weighted by atomic mass is 35.5. The van der Waals surface area contributed by atoms with Crippen LogP contribution in [0.5, 0.6) is 0 Å². The number of aliphatic hydroxyl groups excluding tert-OH is 1. The van der Waals surface area contributed by atoms with Gasteiger partial charge < -0.3 is 5.11 Å². The van der Waals surface area contributed by atoms with E-state index in [0.29, 0.717) is 6.61 Å². The highest BCUT2D eigenvalue weighted by molar-refractivity contribution is 5.85. The Morgan fingerprint density at radius 1 is 0.900 bits per heavy atom. The number of hydrogen-bond donors (Lipinski definition) is 1. The minimum absolute atomic E-state index is 0. The fourth-order valence-electron chi connectivity index (χ4n) is 0.715. The Labute approximate surface area is 76.0 Å². The highest BCUT2D eigenvalue weighted by Gasteiger charge is 1.84. The van der Waals surface area contributed by atoms with E-state index in [1.165, 1.54) is 25.7 Å². The van der Waals surface area contributed by atoms with Crippen molar-refractivity contribution >= 4 is 24.8 Å². The quantitative estimate of drug-likeness (QED) is 0.659. The van der Waals surface area contributed by atoms with Crippen LogP contribution in [0.1, 0.15) is 39.0 Å². The zero-order valence-corrected chi connectivity index (χ0v) is 8.14. The standard InChI is InChI=1S/C7H16O.2ClH/c1-2-3-4-5-6-7-8;;/h8H,2-7H2,1H3;2*1H. The van der Waals surface area contributed by atoms with Crippen molar-refractivity contribution in [3.8, 4) is 0 Å². The van der Waals surface area contributed by atoms with Crippen molar-refractivity contribution in [3.05, 3.63) is 0 Å². The molecule has 10 heavy (non-hydrogen) atoms. The number of rotatable bonds is 5. The largest absolute Gasteiger partial charge is 0.396 e. The van der Waals surface area contributed by atoms with Gasteiger partial charge in [-0.2, -0.15) is 0 Å². The van der Waals surface area contributed by atoms with Crippen molar-refractivity contribution in [2.75, 3.05) is 6.61 Å². The minimum Gasteiger partial charge on any atom is -0.396 e. The Kier molecular flexibility index (Phi) is 27.4. The molecule has 0 saturated carbocycles. The molecule has 1 nitrogen and oxygen atoms in total. The third kappa shape index (κ3) is 15.8. The minimum atomic E-state index is 0. The van der Waals surface area contributed by atoms with Crippen LogP contribution in [0, 0.1) is 0 Å². The molecule has 0 aromatic heterocycles. The monoisotopic (exact) mass is 188 g/mol. The van der Waals surface area contributed by atoms with E-state index in [1.807, 2.05) is 0 Å². The molecule has 0 bridgehead atoms. The summed E-state index contributed by atoms with van der Waals surface area (Å²) in [6.07, 6.45) is 6.08. The third-order valence-electron chi connectivity index (χ3n) is 1.26. The van der Waals surface area contributed by atoms with E-state index in [2.05, 4.69) is 6.92 Å². The van der Waals surface area contributed by atoms with Crippen molar-refractivity contribution < 1.29 is 5.11 Å². The van der Waals surface area contributed by atoms with Gasteiger partial charge in [0.15, 0.2) is 0 Å². The average Bonchev–Trinajstić information content (AvgIpc) is 1.81. The summed E-state index contributed by atoms with van der Waals surface area (Å²) in [5, 5.41) is 8.37. The Morgan fingerprint density at radius 2 is 1.40 bits per heavy atom. The first-order chi connectivity index (χ1) is 3.91. The van der Waals surface area contributed by atoms with Crippen molar-refractivity contribution in [1.29, 1.82) is 0 Å². The van der Waals surface area contributed by atoms with E-state index < -0.39 is 0 Å². The van der Waals surface area contributed by atoms with E-state index in [0.717, 1.165) is 6.42 Å². The van der Waals surface area contributed by atoms with Crippen LogP contribution in [0.25, 0.3) is 0 Å². The molecule has 0 aromatic rings. The molecule has 0 saturated heterocycles. The van der Waals surface area contributed by atoms with E-state index >= 15 is 0 Å². The van der Waals surface area contributed by atoms with Crippen LogP contribution in [0.4, 0.5) is 0 Å². The maximum atomic E-state index is 8.37. The first kappa shape index (κ1) is 16.9. The smallest absolute Gasteiger partial charge is 0.0431 e. The Hall–Kier alpha value is 0.540. The molecule has 0 spiro atoms. The number of halogens is 2. The average molecular weight is 189 g/mol. The molecule has 0 heterocycles. The molecule has 0 unspecified atom stereocenters. The van der Waals surface area contributed by atoms with Gasteiger partial charge in [0, 0.05) is 6.61 Å². The predicted molar refractivity (Wildman–Crippen MR) is 50.3 cm³/mol. The zero-order chi connectivity index (χ0) is 6.24. The molecule has 0 aliphatic carbocycles. The summed E-state index contributed by atoms with van der Waals surface area (Å²) in [6, 6.07) is 0. The first-order valence-corrected chi connectivity index (χ1v) is 3.52. The summed E-state index contributed by atoms with van der Waals surface area (Å²) in [5.41, 5.74) is 0. The van der Waals surface area contributed by atoms with Crippen LogP contribution < -0.4 is 0 Å². The zero-order valence-electron chi connectivity index (χ0n) is 6.51. The van der Waals surface area contributed by atoms with Crippen molar-refractivity contribution in [3.63, 3.8) is 0 Å². The molecule has 0 fully saturated rings. The molecule has 0 aromatic carbocycles. The van der Waals surface area contributed by atoms with Gasteiger partial charge in [0.05, 0.1) is 0 Å². The lowest BCUT2D eigenvalue weighted by atomic mass is 10.2. The van der Waals surface area contributed by atoms with Crippen molar-refractivity contribution in [1.82, 2.24) is 0 Å². The van der Waals surface area contributed by atoms with E-state index in [-0.39, 0.29) is 24.8 Å². The number of unbranched alkanes of at least 4 members (excludes halogenated alkanes) is 4. The second-order valence-electron chi connectivity index (χ2n) is 2.14. The lowest BCUT2D eigenvalue weighted by Gasteiger charge is -1.93.